The number of rotatable bonds is 1. The molecule has 1 saturated carbocycles. The molecule has 1 unspecified atom stereocenters. The van der Waals surface area contributed by atoms with E-state index in [4.69, 9.17) is 0 Å². The van der Waals surface area contributed by atoms with E-state index in [1.165, 1.54) is 30.4 Å². The number of aryl methyl sites for hydroxylation is 2. The highest BCUT2D eigenvalue weighted by Gasteiger charge is 2.35. The fourth-order valence-corrected chi connectivity index (χ4v) is 3.01. The summed E-state index contributed by atoms with van der Waals surface area (Å²) in [5.41, 5.74) is 6.13. The second-order valence-electron chi connectivity index (χ2n) is 5.17. The highest BCUT2D eigenvalue weighted by atomic mass is 14.9. The number of hydrogen-bond acceptors (Lipinski definition) is 1. The van der Waals surface area contributed by atoms with Crippen LogP contribution in [-0.2, 0) is 6.42 Å². The van der Waals surface area contributed by atoms with Crippen LogP contribution in [0.15, 0.2) is 12.1 Å². The summed E-state index contributed by atoms with van der Waals surface area (Å²) in [6.07, 6.45) is 4.05. The van der Waals surface area contributed by atoms with Gasteiger partial charge in [0, 0.05) is 6.04 Å². The van der Waals surface area contributed by atoms with Crippen molar-refractivity contribution in [3.63, 3.8) is 0 Å². The second-order valence-corrected chi connectivity index (χ2v) is 5.17. The summed E-state index contributed by atoms with van der Waals surface area (Å²) in [6.45, 7) is 5.65. The molecule has 1 aliphatic carbocycles. The van der Waals surface area contributed by atoms with Gasteiger partial charge in [0.15, 0.2) is 0 Å². The molecule has 80 valence electrons. The predicted octanol–water partition coefficient (Wildman–Crippen LogP) is 2.90. The molecule has 1 aromatic carbocycles. The lowest BCUT2D eigenvalue weighted by atomic mass is 9.87. The molecule has 1 nitrogen and oxygen atoms in total. The van der Waals surface area contributed by atoms with Crippen LogP contribution in [0.2, 0.25) is 0 Å². The van der Waals surface area contributed by atoms with Crippen LogP contribution in [0.1, 0.15) is 41.1 Å². The van der Waals surface area contributed by atoms with Gasteiger partial charge in [0.2, 0.25) is 0 Å². The summed E-state index contributed by atoms with van der Waals surface area (Å²) in [7, 11) is 0. The van der Waals surface area contributed by atoms with Gasteiger partial charge in [-0.2, -0.15) is 0 Å². The van der Waals surface area contributed by atoms with E-state index >= 15 is 0 Å². The maximum atomic E-state index is 3.70. The smallest absolute Gasteiger partial charge is 0.0354 e. The Morgan fingerprint density at radius 1 is 1.20 bits per heavy atom. The maximum absolute atomic E-state index is 3.70. The van der Waals surface area contributed by atoms with E-state index in [2.05, 4.69) is 31.3 Å². The highest BCUT2D eigenvalue weighted by Crippen LogP contribution is 2.44. The van der Waals surface area contributed by atoms with Crippen LogP contribution >= 0.6 is 0 Å². The summed E-state index contributed by atoms with van der Waals surface area (Å²) in [6, 6.07) is 5.38. The van der Waals surface area contributed by atoms with Crippen molar-refractivity contribution in [1.82, 2.24) is 5.32 Å². The molecular formula is C14H19N. The fraction of sp³-hybridized carbons (Fsp3) is 0.571. The molecule has 1 fully saturated rings. The molecule has 0 saturated heterocycles. The lowest BCUT2D eigenvalue weighted by Crippen LogP contribution is -2.32. The van der Waals surface area contributed by atoms with Gasteiger partial charge in [-0.15, -0.1) is 0 Å². The number of nitrogens with one attached hydrogen (secondary N) is 1. The molecule has 0 aromatic heterocycles. The van der Waals surface area contributed by atoms with Crippen molar-refractivity contribution >= 4 is 0 Å². The molecule has 1 heteroatoms. The Morgan fingerprint density at radius 3 is 2.73 bits per heavy atom. The molecule has 0 spiro atoms. The molecule has 1 aliphatic heterocycles. The first kappa shape index (κ1) is 9.41. The van der Waals surface area contributed by atoms with Gasteiger partial charge in [0.25, 0.3) is 0 Å². The van der Waals surface area contributed by atoms with Gasteiger partial charge in [-0.1, -0.05) is 17.7 Å². The molecule has 0 radical (unpaired) electrons. The van der Waals surface area contributed by atoms with Crippen LogP contribution in [-0.4, -0.2) is 6.54 Å². The largest absolute Gasteiger partial charge is 0.309 e. The van der Waals surface area contributed by atoms with E-state index in [9.17, 15) is 0 Å². The lowest BCUT2D eigenvalue weighted by Gasteiger charge is -2.29. The second kappa shape index (κ2) is 3.34. The van der Waals surface area contributed by atoms with E-state index in [0.717, 1.165) is 12.5 Å². The van der Waals surface area contributed by atoms with E-state index < -0.39 is 0 Å². The Labute approximate surface area is 91.9 Å². The average Bonchev–Trinajstić information content (AvgIpc) is 2.99. The van der Waals surface area contributed by atoms with Gasteiger partial charge < -0.3 is 5.32 Å². The number of hydrogen-bond donors (Lipinski definition) is 1. The fourth-order valence-electron chi connectivity index (χ4n) is 3.01. The van der Waals surface area contributed by atoms with Crippen LogP contribution in [0.5, 0.6) is 0 Å². The highest BCUT2D eigenvalue weighted by molar-refractivity contribution is 5.42. The third kappa shape index (κ3) is 1.59. The van der Waals surface area contributed by atoms with Crippen LogP contribution < -0.4 is 5.32 Å². The third-order valence-electron chi connectivity index (χ3n) is 3.78. The van der Waals surface area contributed by atoms with Crippen LogP contribution in [0.4, 0.5) is 0 Å². The van der Waals surface area contributed by atoms with E-state index in [1.807, 2.05) is 0 Å². The minimum atomic E-state index is 0.661. The van der Waals surface area contributed by atoms with Crippen molar-refractivity contribution < 1.29 is 0 Å². The Hall–Kier alpha value is -0.820. The molecule has 3 rings (SSSR count). The molecule has 15 heavy (non-hydrogen) atoms. The predicted molar refractivity (Wildman–Crippen MR) is 63.1 cm³/mol. The summed E-state index contributed by atoms with van der Waals surface area (Å²) < 4.78 is 0. The normalized spacial score (nSPS) is 25.1. The van der Waals surface area contributed by atoms with Crippen molar-refractivity contribution in [1.29, 1.82) is 0 Å². The van der Waals surface area contributed by atoms with Crippen molar-refractivity contribution in [2.75, 3.05) is 6.54 Å². The lowest BCUT2D eigenvalue weighted by molar-refractivity contribution is 0.455. The van der Waals surface area contributed by atoms with Gasteiger partial charge in [-0.05, 0) is 62.3 Å². The maximum Gasteiger partial charge on any atom is 0.0354 e. The molecule has 1 N–H and O–H groups in total. The Balaban J connectivity index is 2.08. The van der Waals surface area contributed by atoms with Crippen LogP contribution in [0.3, 0.4) is 0 Å². The first-order valence-corrected chi connectivity index (χ1v) is 6.09. The molecule has 0 amide bonds. The monoisotopic (exact) mass is 201 g/mol. The summed E-state index contributed by atoms with van der Waals surface area (Å²) in [5.74, 6) is 0.922. The number of fused-ring (bicyclic) bond motifs is 1. The van der Waals surface area contributed by atoms with E-state index in [0.29, 0.717) is 6.04 Å². The molecule has 0 bridgehead atoms. The van der Waals surface area contributed by atoms with E-state index in [-0.39, 0.29) is 0 Å². The summed E-state index contributed by atoms with van der Waals surface area (Å²) >= 11 is 0. The van der Waals surface area contributed by atoms with Crippen molar-refractivity contribution in [2.24, 2.45) is 5.92 Å². The van der Waals surface area contributed by atoms with Gasteiger partial charge in [0.05, 0.1) is 0 Å². The zero-order valence-corrected chi connectivity index (χ0v) is 9.64. The van der Waals surface area contributed by atoms with Gasteiger partial charge in [-0.25, -0.2) is 0 Å². The Morgan fingerprint density at radius 2 is 2.00 bits per heavy atom. The first-order valence-electron chi connectivity index (χ1n) is 6.09. The standard InChI is InChI=1S/C14H19N/c1-9-7-10(2)13-12(8-9)5-6-15-14(13)11-3-4-11/h7-8,11,14-15H,3-6H2,1-2H3. The number of benzene rings is 1. The van der Waals surface area contributed by atoms with Gasteiger partial charge >= 0.3 is 0 Å². The van der Waals surface area contributed by atoms with Crippen molar-refractivity contribution in [3.8, 4) is 0 Å². The molecule has 1 heterocycles. The zero-order chi connectivity index (χ0) is 10.4. The van der Waals surface area contributed by atoms with Crippen LogP contribution in [0, 0.1) is 19.8 Å². The SMILES string of the molecule is Cc1cc(C)c2c(c1)CCNC2C1CC1. The Kier molecular flexibility index (Phi) is 2.10. The van der Waals surface area contributed by atoms with Gasteiger partial charge in [0.1, 0.15) is 0 Å². The van der Waals surface area contributed by atoms with E-state index in [1.54, 1.807) is 11.1 Å². The minimum Gasteiger partial charge on any atom is -0.309 e. The third-order valence-corrected chi connectivity index (χ3v) is 3.78. The van der Waals surface area contributed by atoms with Crippen molar-refractivity contribution in [2.45, 2.75) is 39.2 Å². The van der Waals surface area contributed by atoms with Crippen molar-refractivity contribution in [3.05, 3.63) is 34.4 Å². The molecule has 1 atom stereocenters. The topological polar surface area (TPSA) is 12.0 Å². The summed E-state index contributed by atoms with van der Waals surface area (Å²) in [5, 5.41) is 3.70. The minimum absolute atomic E-state index is 0.661. The van der Waals surface area contributed by atoms with Crippen LogP contribution in [0.25, 0.3) is 0 Å². The molecule has 1 aromatic rings. The van der Waals surface area contributed by atoms with Gasteiger partial charge in [-0.3, -0.25) is 0 Å². The zero-order valence-electron chi connectivity index (χ0n) is 9.64. The quantitative estimate of drug-likeness (QED) is 0.736. The Bertz CT molecular complexity index is 391. The first-order chi connectivity index (χ1) is 7.25. The summed E-state index contributed by atoms with van der Waals surface area (Å²) in [4.78, 5) is 0. The molecular weight excluding hydrogens is 182 g/mol. The average molecular weight is 201 g/mol. The molecule has 2 aliphatic rings.